The van der Waals surface area contributed by atoms with Crippen molar-refractivity contribution in [3.63, 3.8) is 0 Å². The Morgan fingerprint density at radius 1 is 1.31 bits per heavy atom. The molecular weight excluding hydrogens is 168 g/mol. The number of hydroxylamine groups is 1. The van der Waals surface area contributed by atoms with Gasteiger partial charge >= 0.3 is 0 Å². The van der Waals surface area contributed by atoms with Crippen molar-refractivity contribution in [2.45, 2.75) is 6.54 Å². The molecule has 1 aromatic rings. The Morgan fingerprint density at radius 3 is 2.77 bits per heavy atom. The van der Waals surface area contributed by atoms with Crippen LogP contribution in [0.3, 0.4) is 0 Å². The van der Waals surface area contributed by atoms with Crippen molar-refractivity contribution in [3.05, 3.63) is 30.1 Å². The third-order valence-electron chi connectivity index (χ3n) is 1.52. The Labute approximate surface area is 77.8 Å². The summed E-state index contributed by atoms with van der Waals surface area (Å²) in [5.41, 5.74) is 3.97. The summed E-state index contributed by atoms with van der Waals surface area (Å²) < 4.78 is 4.82. The number of rotatable bonds is 6. The summed E-state index contributed by atoms with van der Waals surface area (Å²) in [5, 5.41) is 0. The minimum atomic E-state index is 0.557. The van der Waals surface area contributed by atoms with Crippen LogP contribution in [-0.2, 0) is 16.1 Å². The smallest absolute Gasteiger partial charge is 0.0916 e. The quantitative estimate of drug-likeness (QED) is 0.521. The molecule has 0 unspecified atom stereocenters. The number of hydrogen-bond acceptors (Lipinski definition) is 4. The van der Waals surface area contributed by atoms with Gasteiger partial charge in [0.25, 0.3) is 0 Å². The second kappa shape index (κ2) is 6.54. The summed E-state index contributed by atoms with van der Waals surface area (Å²) in [6.45, 7) is 1.84. The van der Waals surface area contributed by atoms with Gasteiger partial charge < -0.3 is 4.74 Å². The lowest BCUT2D eigenvalue weighted by atomic mass is 10.3. The maximum atomic E-state index is 5.08. The van der Waals surface area contributed by atoms with Gasteiger partial charge in [0.15, 0.2) is 0 Å². The Morgan fingerprint density at radius 2 is 2.08 bits per heavy atom. The second-order valence-electron chi connectivity index (χ2n) is 2.52. The molecule has 0 amide bonds. The zero-order valence-electron chi connectivity index (χ0n) is 7.69. The van der Waals surface area contributed by atoms with Crippen LogP contribution >= 0.6 is 0 Å². The lowest BCUT2D eigenvalue weighted by molar-refractivity contribution is 0.00346. The average molecular weight is 182 g/mol. The Hall–Kier alpha value is -0.970. The van der Waals surface area contributed by atoms with Crippen LogP contribution in [0.25, 0.3) is 0 Å². The van der Waals surface area contributed by atoms with Gasteiger partial charge in [-0.05, 0) is 17.7 Å². The molecular formula is C9H14N2O2. The van der Waals surface area contributed by atoms with Crippen molar-refractivity contribution in [1.29, 1.82) is 0 Å². The Balaban J connectivity index is 2.07. The van der Waals surface area contributed by atoms with Crippen LogP contribution in [0, 0.1) is 0 Å². The van der Waals surface area contributed by atoms with Gasteiger partial charge in [0.2, 0.25) is 0 Å². The normalized spacial score (nSPS) is 10.2. The molecule has 1 heterocycles. The first-order chi connectivity index (χ1) is 6.43. The fourth-order valence-corrected chi connectivity index (χ4v) is 0.832. The molecule has 0 saturated heterocycles. The van der Waals surface area contributed by atoms with Crippen molar-refractivity contribution in [1.82, 2.24) is 10.5 Å². The van der Waals surface area contributed by atoms with Crippen LogP contribution in [0.2, 0.25) is 0 Å². The van der Waals surface area contributed by atoms with E-state index in [0.29, 0.717) is 19.8 Å². The van der Waals surface area contributed by atoms with E-state index >= 15 is 0 Å². The van der Waals surface area contributed by atoms with E-state index in [4.69, 9.17) is 9.57 Å². The van der Waals surface area contributed by atoms with Crippen LogP contribution in [0.15, 0.2) is 24.5 Å². The summed E-state index contributed by atoms with van der Waals surface area (Å²) >= 11 is 0. The highest BCUT2D eigenvalue weighted by molar-refractivity contribution is 5.08. The molecule has 0 radical (unpaired) electrons. The fraction of sp³-hybridized carbons (Fsp3) is 0.444. The van der Waals surface area contributed by atoms with E-state index in [9.17, 15) is 0 Å². The SMILES string of the molecule is COCCONCc1ccncc1. The summed E-state index contributed by atoms with van der Waals surface area (Å²) in [4.78, 5) is 9.00. The minimum Gasteiger partial charge on any atom is -0.382 e. The third-order valence-corrected chi connectivity index (χ3v) is 1.52. The lowest BCUT2D eigenvalue weighted by Crippen LogP contribution is -2.17. The van der Waals surface area contributed by atoms with Gasteiger partial charge in [0.1, 0.15) is 0 Å². The number of nitrogens with zero attached hydrogens (tertiary/aromatic N) is 1. The molecule has 0 aliphatic rings. The van der Waals surface area contributed by atoms with Gasteiger partial charge in [-0.25, -0.2) is 0 Å². The van der Waals surface area contributed by atoms with E-state index in [0.717, 1.165) is 5.56 Å². The largest absolute Gasteiger partial charge is 0.382 e. The van der Waals surface area contributed by atoms with Crippen LogP contribution < -0.4 is 5.48 Å². The Kier molecular flexibility index (Phi) is 5.08. The first kappa shape index (κ1) is 10.1. The molecule has 0 aliphatic carbocycles. The maximum Gasteiger partial charge on any atom is 0.0916 e. The molecule has 1 N–H and O–H groups in total. The van der Waals surface area contributed by atoms with Crippen LogP contribution in [-0.4, -0.2) is 25.3 Å². The number of pyridine rings is 1. The highest BCUT2D eigenvalue weighted by Gasteiger charge is 1.90. The molecule has 0 spiro atoms. The molecule has 1 aromatic heterocycles. The molecule has 0 saturated carbocycles. The topological polar surface area (TPSA) is 43.4 Å². The van der Waals surface area contributed by atoms with Crippen molar-refractivity contribution < 1.29 is 9.57 Å². The molecule has 0 atom stereocenters. The van der Waals surface area contributed by atoms with Gasteiger partial charge in [-0.3, -0.25) is 9.82 Å². The fourth-order valence-electron chi connectivity index (χ4n) is 0.832. The minimum absolute atomic E-state index is 0.557. The predicted octanol–water partition coefficient (Wildman–Crippen LogP) is 0.749. The van der Waals surface area contributed by atoms with E-state index in [1.54, 1.807) is 19.5 Å². The highest BCUT2D eigenvalue weighted by Crippen LogP contribution is 1.94. The molecule has 0 aliphatic heterocycles. The van der Waals surface area contributed by atoms with E-state index in [1.807, 2.05) is 12.1 Å². The molecule has 72 valence electrons. The maximum absolute atomic E-state index is 5.08. The second-order valence-corrected chi connectivity index (χ2v) is 2.52. The number of aromatic nitrogens is 1. The van der Waals surface area contributed by atoms with Gasteiger partial charge in [-0.1, -0.05) is 0 Å². The standard InChI is InChI=1S/C9H14N2O2/c1-12-6-7-13-11-8-9-2-4-10-5-3-9/h2-5,11H,6-8H2,1H3. The molecule has 0 fully saturated rings. The zero-order valence-corrected chi connectivity index (χ0v) is 7.69. The molecule has 1 rings (SSSR count). The number of nitrogens with one attached hydrogen (secondary N) is 1. The van der Waals surface area contributed by atoms with Crippen LogP contribution in [0.4, 0.5) is 0 Å². The molecule has 13 heavy (non-hydrogen) atoms. The molecule has 4 nitrogen and oxygen atoms in total. The van der Waals surface area contributed by atoms with Gasteiger partial charge in [-0.2, -0.15) is 5.48 Å². The van der Waals surface area contributed by atoms with Gasteiger partial charge in [0, 0.05) is 26.0 Å². The summed E-state index contributed by atoms with van der Waals surface area (Å²) in [5.74, 6) is 0. The first-order valence-corrected chi connectivity index (χ1v) is 4.16. The molecule has 0 aromatic carbocycles. The van der Waals surface area contributed by atoms with E-state index in [1.165, 1.54) is 0 Å². The van der Waals surface area contributed by atoms with Crippen LogP contribution in [0.5, 0.6) is 0 Å². The van der Waals surface area contributed by atoms with Crippen molar-refractivity contribution in [3.8, 4) is 0 Å². The Bertz CT molecular complexity index is 216. The van der Waals surface area contributed by atoms with Crippen molar-refractivity contribution in [2.75, 3.05) is 20.3 Å². The highest BCUT2D eigenvalue weighted by atomic mass is 16.7. The van der Waals surface area contributed by atoms with E-state index in [2.05, 4.69) is 10.5 Å². The van der Waals surface area contributed by atoms with Gasteiger partial charge in [0.05, 0.1) is 13.2 Å². The first-order valence-electron chi connectivity index (χ1n) is 4.16. The summed E-state index contributed by atoms with van der Waals surface area (Å²) in [6, 6.07) is 3.87. The van der Waals surface area contributed by atoms with E-state index in [-0.39, 0.29) is 0 Å². The predicted molar refractivity (Wildman–Crippen MR) is 48.9 cm³/mol. The van der Waals surface area contributed by atoms with Crippen LogP contribution in [0.1, 0.15) is 5.56 Å². The zero-order chi connectivity index (χ0) is 9.36. The monoisotopic (exact) mass is 182 g/mol. The summed E-state index contributed by atoms with van der Waals surface area (Å²) in [7, 11) is 1.65. The lowest BCUT2D eigenvalue weighted by Gasteiger charge is -2.04. The van der Waals surface area contributed by atoms with Crippen molar-refractivity contribution in [2.24, 2.45) is 0 Å². The summed E-state index contributed by atoms with van der Waals surface area (Å²) in [6.07, 6.45) is 3.51. The average Bonchev–Trinajstić information content (AvgIpc) is 2.19. The number of methoxy groups -OCH3 is 1. The van der Waals surface area contributed by atoms with Gasteiger partial charge in [-0.15, -0.1) is 0 Å². The number of hydrogen-bond donors (Lipinski definition) is 1. The van der Waals surface area contributed by atoms with Crippen molar-refractivity contribution >= 4 is 0 Å². The van der Waals surface area contributed by atoms with E-state index < -0.39 is 0 Å². The third kappa shape index (κ3) is 4.57. The number of ether oxygens (including phenoxy) is 1. The molecule has 4 heteroatoms. The molecule has 0 bridgehead atoms.